The largest absolute Gasteiger partial charge is 0.373 e. The van der Waals surface area contributed by atoms with Crippen LogP contribution in [0, 0.1) is 12.8 Å². The number of nitrogens with zero attached hydrogens (tertiary/aromatic N) is 2. The van der Waals surface area contributed by atoms with Crippen molar-refractivity contribution in [3.8, 4) is 0 Å². The van der Waals surface area contributed by atoms with Gasteiger partial charge in [-0.25, -0.2) is 0 Å². The van der Waals surface area contributed by atoms with Crippen LogP contribution in [0.2, 0.25) is 0 Å². The summed E-state index contributed by atoms with van der Waals surface area (Å²) in [7, 11) is 0. The van der Waals surface area contributed by atoms with Crippen molar-refractivity contribution in [3.05, 3.63) is 39.8 Å². The van der Waals surface area contributed by atoms with E-state index in [1.54, 1.807) is 0 Å². The molecular weight excluding hydrogens is 282 g/mol. The van der Waals surface area contributed by atoms with Gasteiger partial charge in [-0.1, -0.05) is 0 Å². The Balaban J connectivity index is 1.54. The zero-order valence-corrected chi connectivity index (χ0v) is 13.5. The van der Waals surface area contributed by atoms with Crippen molar-refractivity contribution in [1.82, 2.24) is 15.1 Å². The Hall–Kier alpha value is -1.17. The molecule has 3 rings (SSSR count). The van der Waals surface area contributed by atoms with Crippen LogP contribution in [0.3, 0.4) is 0 Å². The second-order valence-corrected chi connectivity index (χ2v) is 6.99. The van der Waals surface area contributed by atoms with Gasteiger partial charge in [0.1, 0.15) is 0 Å². The second-order valence-electron chi connectivity index (χ2n) is 5.61. The van der Waals surface area contributed by atoms with Crippen LogP contribution < -0.4 is 5.32 Å². The summed E-state index contributed by atoms with van der Waals surface area (Å²) in [5.41, 5.74) is 1.22. The SMILES string of the molecule is CCn1cc([C@H]2OCC[C@H]2CNCc2ccc(C)s2)cn1. The van der Waals surface area contributed by atoms with Gasteiger partial charge >= 0.3 is 0 Å². The van der Waals surface area contributed by atoms with Gasteiger partial charge in [-0.2, -0.15) is 5.10 Å². The van der Waals surface area contributed by atoms with Crippen molar-refractivity contribution in [2.24, 2.45) is 5.92 Å². The highest BCUT2D eigenvalue weighted by molar-refractivity contribution is 7.11. The number of hydrogen-bond donors (Lipinski definition) is 1. The molecule has 4 nitrogen and oxygen atoms in total. The minimum Gasteiger partial charge on any atom is -0.373 e. The van der Waals surface area contributed by atoms with Crippen LogP contribution in [0.5, 0.6) is 0 Å². The summed E-state index contributed by atoms with van der Waals surface area (Å²) < 4.78 is 7.89. The predicted molar refractivity (Wildman–Crippen MR) is 85.5 cm³/mol. The molecule has 0 saturated carbocycles. The fraction of sp³-hybridized carbons (Fsp3) is 0.562. The van der Waals surface area contributed by atoms with E-state index in [1.807, 2.05) is 22.2 Å². The quantitative estimate of drug-likeness (QED) is 0.891. The Morgan fingerprint density at radius 3 is 3.10 bits per heavy atom. The number of aromatic nitrogens is 2. The van der Waals surface area contributed by atoms with Crippen LogP contribution in [0.25, 0.3) is 0 Å². The molecule has 1 fully saturated rings. The van der Waals surface area contributed by atoms with Gasteiger partial charge in [0.15, 0.2) is 0 Å². The van der Waals surface area contributed by atoms with Crippen LogP contribution in [0.15, 0.2) is 24.5 Å². The van der Waals surface area contributed by atoms with Gasteiger partial charge in [-0.05, 0) is 32.4 Å². The second kappa shape index (κ2) is 6.73. The van der Waals surface area contributed by atoms with E-state index in [-0.39, 0.29) is 6.10 Å². The number of aryl methyl sites for hydroxylation is 2. The molecule has 5 heteroatoms. The van der Waals surface area contributed by atoms with Crippen molar-refractivity contribution < 1.29 is 4.74 Å². The van der Waals surface area contributed by atoms with E-state index in [1.165, 1.54) is 15.3 Å². The number of hydrogen-bond acceptors (Lipinski definition) is 4. The van der Waals surface area contributed by atoms with E-state index < -0.39 is 0 Å². The molecule has 1 saturated heterocycles. The highest BCUT2D eigenvalue weighted by atomic mass is 32.1. The first-order valence-electron chi connectivity index (χ1n) is 7.66. The van der Waals surface area contributed by atoms with Gasteiger partial charge in [-0.15, -0.1) is 11.3 Å². The predicted octanol–water partition coefficient (Wildman–Crippen LogP) is 3.14. The molecule has 21 heavy (non-hydrogen) atoms. The molecule has 114 valence electrons. The fourth-order valence-electron chi connectivity index (χ4n) is 2.87. The van der Waals surface area contributed by atoms with Gasteiger partial charge in [0.05, 0.1) is 12.3 Å². The summed E-state index contributed by atoms with van der Waals surface area (Å²) in [6, 6.07) is 4.39. The maximum Gasteiger partial charge on any atom is 0.0896 e. The normalized spacial score (nSPS) is 22.0. The Bertz CT molecular complexity index is 578. The van der Waals surface area contributed by atoms with Crippen LogP contribution >= 0.6 is 11.3 Å². The molecule has 1 aliphatic heterocycles. The number of rotatable bonds is 6. The van der Waals surface area contributed by atoms with E-state index in [0.29, 0.717) is 5.92 Å². The average Bonchev–Trinajstić information content (AvgIpc) is 3.19. The molecule has 2 aromatic rings. The molecule has 2 atom stereocenters. The Morgan fingerprint density at radius 1 is 1.48 bits per heavy atom. The minimum absolute atomic E-state index is 0.197. The molecule has 2 aromatic heterocycles. The Labute approximate surface area is 130 Å². The first-order valence-corrected chi connectivity index (χ1v) is 8.48. The number of ether oxygens (including phenoxy) is 1. The summed E-state index contributed by atoms with van der Waals surface area (Å²) in [6.07, 6.45) is 5.39. The Morgan fingerprint density at radius 2 is 2.38 bits per heavy atom. The third-order valence-corrected chi connectivity index (χ3v) is 5.02. The molecule has 1 N–H and O–H groups in total. The Kier molecular flexibility index (Phi) is 4.73. The molecule has 1 aliphatic rings. The zero-order valence-electron chi connectivity index (χ0n) is 12.7. The lowest BCUT2D eigenvalue weighted by atomic mass is 9.97. The van der Waals surface area contributed by atoms with Crippen LogP contribution in [0.4, 0.5) is 0 Å². The summed E-state index contributed by atoms with van der Waals surface area (Å²) in [4.78, 5) is 2.78. The molecule has 0 bridgehead atoms. The van der Waals surface area contributed by atoms with Crippen molar-refractivity contribution in [1.29, 1.82) is 0 Å². The molecule has 0 radical (unpaired) electrons. The van der Waals surface area contributed by atoms with Crippen LogP contribution in [-0.4, -0.2) is 22.9 Å². The lowest BCUT2D eigenvalue weighted by Gasteiger charge is -2.17. The van der Waals surface area contributed by atoms with Gasteiger partial charge in [-0.3, -0.25) is 4.68 Å². The maximum absolute atomic E-state index is 5.93. The number of nitrogens with one attached hydrogen (secondary N) is 1. The minimum atomic E-state index is 0.197. The monoisotopic (exact) mass is 305 g/mol. The smallest absolute Gasteiger partial charge is 0.0896 e. The molecule has 0 aromatic carbocycles. The molecule has 0 aliphatic carbocycles. The van der Waals surface area contributed by atoms with Gasteiger partial charge < -0.3 is 10.1 Å². The third kappa shape index (κ3) is 3.54. The highest BCUT2D eigenvalue weighted by Gasteiger charge is 2.30. The molecule has 3 heterocycles. The lowest BCUT2D eigenvalue weighted by molar-refractivity contribution is 0.0904. The first-order chi connectivity index (χ1) is 10.3. The number of thiophene rings is 1. The molecule has 0 unspecified atom stereocenters. The van der Waals surface area contributed by atoms with E-state index >= 15 is 0 Å². The van der Waals surface area contributed by atoms with E-state index in [0.717, 1.165) is 32.7 Å². The highest BCUT2D eigenvalue weighted by Crippen LogP contribution is 2.33. The average molecular weight is 305 g/mol. The third-order valence-electron chi connectivity index (χ3n) is 4.02. The standard InChI is InChI=1S/C16H23N3OS/c1-3-19-11-14(9-18-19)16-13(6-7-20-16)8-17-10-15-5-4-12(2)21-15/h4-5,9,11,13,16-17H,3,6-8,10H2,1-2H3/t13-,16-/m0/s1. The summed E-state index contributed by atoms with van der Waals surface area (Å²) >= 11 is 1.87. The summed E-state index contributed by atoms with van der Waals surface area (Å²) in [5, 5.41) is 7.94. The van der Waals surface area contributed by atoms with E-state index in [2.05, 4.69) is 42.6 Å². The van der Waals surface area contributed by atoms with E-state index in [9.17, 15) is 0 Å². The van der Waals surface area contributed by atoms with E-state index in [4.69, 9.17) is 4.74 Å². The summed E-state index contributed by atoms with van der Waals surface area (Å²) in [5.74, 6) is 0.542. The topological polar surface area (TPSA) is 39.1 Å². The first kappa shape index (κ1) is 14.8. The maximum atomic E-state index is 5.93. The molecule has 0 spiro atoms. The van der Waals surface area contributed by atoms with Gasteiger partial charge in [0, 0.05) is 53.7 Å². The van der Waals surface area contributed by atoms with Crippen molar-refractivity contribution in [2.45, 2.75) is 39.5 Å². The van der Waals surface area contributed by atoms with Crippen molar-refractivity contribution >= 4 is 11.3 Å². The van der Waals surface area contributed by atoms with Gasteiger partial charge in [0.2, 0.25) is 0 Å². The van der Waals surface area contributed by atoms with Crippen molar-refractivity contribution in [2.75, 3.05) is 13.2 Å². The van der Waals surface area contributed by atoms with Gasteiger partial charge in [0.25, 0.3) is 0 Å². The van der Waals surface area contributed by atoms with Crippen LogP contribution in [0.1, 0.15) is 34.8 Å². The lowest BCUT2D eigenvalue weighted by Crippen LogP contribution is -2.24. The molecule has 0 amide bonds. The molecular formula is C16H23N3OS. The zero-order chi connectivity index (χ0) is 14.7. The van der Waals surface area contributed by atoms with Crippen molar-refractivity contribution in [3.63, 3.8) is 0 Å². The van der Waals surface area contributed by atoms with Crippen LogP contribution in [-0.2, 0) is 17.8 Å². The fourth-order valence-corrected chi connectivity index (χ4v) is 3.73. The summed E-state index contributed by atoms with van der Waals surface area (Å²) in [6.45, 7) is 7.98.